The van der Waals surface area contributed by atoms with Crippen LogP contribution in [0.2, 0.25) is 0 Å². The fraction of sp³-hybridized carbons (Fsp3) is 0.476. The number of para-hydroxylation sites is 1. The Hall–Kier alpha value is -2.47. The topological polar surface area (TPSA) is 62.7 Å². The quantitative estimate of drug-likeness (QED) is 0.777. The number of likely N-dealkylation sites (N-methyl/N-ethyl adjacent to an activating group) is 1. The van der Waals surface area contributed by atoms with Crippen molar-refractivity contribution in [2.45, 2.75) is 32.7 Å². The minimum absolute atomic E-state index is 0.108. The van der Waals surface area contributed by atoms with Crippen LogP contribution in [-0.2, 0) is 22.5 Å². The Morgan fingerprint density at radius 2 is 1.93 bits per heavy atom. The summed E-state index contributed by atoms with van der Waals surface area (Å²) in [7, 11) is 0. The predicted octanol–water partition coefficient (Wildman–Crippen LogP) is 2.39. The largest absolute Gasteiger partial charge is 0.452 e. The van der Waals surface area contributed by atoms with Gasteiger partial charge in [-0.25, -0.2) is 4.79 Å². The number of esters is 1. The second-order valence-corrected chi connectivity index (χ2v) is 7.21. The highest BCUT2D eigenvalue weighted by Crippen LogP contribution is 2.28. The smallest absolute Gasteiger partial charge is 0.339 e. The van der Waals surface area contributed by atoms with Gasteiger partial charge in [-0.1, -0.05) is 25.1 Å². The maximum Gasteiger partial charge on any atom is 0.339 e. The molecule has 3 heterocycles. The lowest BCUT2D eigenvalue weighted by Gasteiger charge is -2.28. The molecule has 2 aliphatic heterocycles. The molecule has 0 radical (unpaired) electrons. The van der Waals surface area contributed by atoms with Crippen molar-refractivity contribution in [2.24, 2.45) is 0 Å². The summed E-state index contributed by atoms with van der Waals surface area (Å²) < 4.78 is 5.47. The van der Waals surface area contributed by atoms with E-state index in [0.717, 1.165) is 67.6 Å². The molecule has 0 aliphatic carbocycles. The Kier molecular flexibility index (Phi) is 5.07. The highest BCUT2D eigenvalue weighted by atomic mass is 16.5. The Morgan fingerprint density at radius 1 is 1.15 bits per heavy atom. The molecule has 2 aliphatic rings. The van der Waals surface area contributed by atoms with Gasteiger partial charge < -0.3 is 9.64 Å². The molecule has 1 amide bonds. The van der Waals surface area contributed by atoms with Crippen LogP contribution in [0, 0.1) is 0 Å². The average Bonchev–Trinajstić information content (AvgIpc) is 3.24. The van der Waals surface area contributed by atoms with Crippen molar-refractivity contribution in [3.63, 3.8) is 0 Å². The first-order valence-electron chi connectivity index (χ1n) is 9.75. The number of amides is 1. The zero-order valence-corrected chi connectivity index (χ0v) is 15.7. The molecule has 6 heteroatoms. The molecule has 2 aromatic rings. The SMILES string of the molecule is CCN1CCc2nc3ccccc3c(C(=O)OCC(=O)N3CCCC3)c2C1. The van der Waals surface area contributed by atoms with E-state index in [1.165, 1.54) is 0 Å². The van der Waals surface area contributed by atoms with Crippen molar-refractivity contribution in [1.29, 1.82) is 0 Å². The van der Waals surface area contributed by atoms with E-state index in [-0.39, 0.29) is 12.5 Å². The second-order valence-electron chi connectivity index (χ2n) is 7.21. The van der Waals surface area contributed by atoms with Crippen molar-refractivity contribution in [1.82, 2.24) is 14.8 Å². The first-order valence-corrected chi connectivity index (χ1v) is 9.75. The van der Waals surface area contributed by atoms with Crippen molar-refractivity contribution < 1.29 is 14.3 Å². The van der Waals surface area contributed by atoms with Gasteiger partial charge in [-0.05, 0) is 25.5 Å². The lowest BCUT2D eigenvalue weighted by Crippen LogP contribution is -2.34. The van der Waals surface area contributed by atoms with Crippen LogP contribution >= 0.6 is 0 Å². The number of carbonyl (C=O) groups excluding carboxylic acids is 2. The summed E-state index contributed by atoms with van der Waals surface area (Å²) in [6.45, 7) is 6.00. The lowest BCUT2D eigenvalue weighted by atomic mass is 9.96. The van der Waals surface area contributed by atoms with Crippen LogP contribution in [0.1, 0.15) is 41.4 Å². The van der Waals surface area contributed by atoms with Crippen LogP contribution in [0.15, 0.2) is 24.3 Å². The molecule has 0 saturated carbocycles. The first-order chi connectivity index (χ1) is 13.2. The molecule has 0 N–H and O–H groups in total. The molecule has 1 fully saturated rings. The molecule has 1 saturated heterocycles. The molecule has 0 bridgehead atoms. The van der Waals surface area contributed by atoms with Crippen molar-refractivity contribution >= 4 is 22.8 Å². The maximum absolute atomic E-state index is 13.0. The summed E-state index contributed by atoms with van der Waals surface area (Å²) in [6.07, 6.45) is 2.87. The van der Waals surface area contributed by atoms with Crippen LogP contribution in [0.25, 0.3) is 10.9 Å². The number of aromatic nitrogens is 1. The Balaban J connectivity index is 1.64. The first kappa shape index (κ1) is 17.9. The zero-order valence-electron chi connectivity index (χ0n) is 15.7. The van der Waals surface area contributed by atoms with Gasteiger partial charge in [0.1, 0.15) is 0 Å². The van der Waals surface area contributed by atoms with Gasteiger partial charge in [-0.2, -0.15) is 0 Å². The van der Waals surface area contributed by atoms with Crippen LogP contribution in [0.3, 0.4) is 0 Å². The normalized spacial score (nSPS) is 17.1. The van der Waals surface area contributed by atoms with Crippen LogP contribution in [0.4, 0.5) is 0 Å². The molecule has 0 atom stereocenters. The highest BCUT2D eigenvalue weighted by molar-refractivity contribution is 6.05. The molecule has 27 heavy (non-hydrogen) atoms. The van der Waals surface area contributed by atoms with Crippen LogP contribution < -0.4 is 0 Å². The van der Waals surface area contributed by atoms with Crippen LogP contribution in [0.5, 0.6) is 0 Å². The van der Waals surface area contributed by atoms with Gasteiger partial charge >= 0.3 is 5.97 Å². The molecule has 1 aromatic carbocycles. The Morgan fingerprint density at radius 3 is 2.70 bits per heavy atom. The number of pyridine rings is 1. The van der Waals surface area contributed by atoms with Crippen molar-refractivity contribution in [2.75, 3.05) is 32.8 Å². The molecule has 142 valence electrons. The number of rotatable bonds is 4. The number of carbonyl (C=O) groups is 2. The summed E-state index contributed by atoms with van der Waals surface area (Å²) in [5.41, 5.74) is 3.29. The summed E-state index contributed by atoms with van der Waals surface area (Å²) in [5.74, 6) is -0.529. The molecular weight excluding hydrogens is 342 g/mol. The maximum atomic E-state index is 13.0. The van der Waals surface area contributed by atoms with Crippen molar-refractivity contribution in [3.8, 4) is 0 Å². The minimum atomic E-state index is -0.421. The predicted molar refractivity (Wildman–Crippen MR) is 102 cm³/mol. The summed E-state index contributed by atoms with van der Waals surface area (Å²) in [6, 6.07) is 7.66. The molecule has 1 aromatic heterocycles. The number of ether oxygens (including phenoxy) is 1. The number of benzene rings is 1. The average molecular weight is 367 g/mol. The number of hydrogen-bond acceptors (Lipinski definition) is 5. The van der Waals surface area contributed by atoms with Gasteiger partial charge in [0.2, 0.25) is 0 Å². The highest BCUT2D eigenvalue weighted by Gasteiger charge is 2.27. The molecule has 6 nitrogen and oxygen atoms in total. The van der Waals surface area contributed by atoms with E-state index in [4.69, 9.17) is 9.72 Å². The monoisotopic (exact) mass is 367 g/mol. The third kappa shape index (κ3) is 3.54. The van der Waals surface area contributed by atoms with E-state index in [0.29, 0.717) is 12.1 Å². The van der Waals surface area contributed by atoms with Gasteiger partial charge in [0.25, 0.3) is 5.91 Å². The summed E-state index contributed by atoms with van der Waals surface area (Å²) in [4.78, 5) is 34.1. The summed E-state index contributed by atoms with van der Waals surface area (Å²) >= 11 is 0. The molecule has 0 unspecified atom stereocenters. The lowest BCUT2D eigenvalue weighted by molar-refractivity contribution is -0.133. The van der Waals surface area contributed by atoms with E-state index in [1.54, 1.807) is 4.90 Å². The van der Waals surface area contributed by atoms with Crippen LogP contribution in [-0.4, -0.2) is 59.4 Å². The van der Waals surface area contributed by atoms with Gasteiger partial charge in [0.05, 0.1) is 11.1 Å². The number of likely N-dealkylation sites (tertiary alicyclic amines) is 1. The molecular formula is C21H25N3O3. The third-order valence-corrected chi connectivity index (χ3v) is 5.56. The standard InChI is InChI=1S/C21H25N3O3/c1-2-23-12-9-18-16(13-23)20(15-7-3-4-8-17(15)22-18)21(26)27-14-19(25)24-10-5-6-11-24/h3-4,7-8H,2,5-6,9-14H2,1H3. The Labute approximate surface area is 159 Å². The fourth-order valence-corrected chi connectivity index (χ4v) is 4.01. The number of hydrogen-bond donors (Lipinski definition) is 0. The van der Waals surface area contributed by atoms with Gasteiger partial charge in [-0.3, -0.25) is 14.7 Å². The fourth-order valence-electron chi connectivity index (χ4n) is 4.01. The Bertz CT molecular complexity index is 874. The van der Waals surface area contributed by atoms with E-state index in [1.807, 2.05) is 24.3 Å². The third-order valence-electron chi connectivity index (χ3n) is 5.56. The molecule has 0 spiro atoms. The molecule has 4 rings (SSSR count). The van der Waals surface area contributed by atoms with E-state index >= 15 is 0 Å². The van der Waals surface area contributed by atoms with Gasteiger partial charge in [0.15, 0.2) is 6.61 Å². The van der Waals surface area contributed by atoms with Gasteiger partial charge in [-0.15, -0.1) is 0 Å². The zero-order chi connectivity index (χ0) is 18.8. The summed E-state index contributed by atoms with van der Waals surface area (Å²) in [5, 5.41) is 0.799. The van der Waals surface area contributed by atoms with Crippen molar-refractivity contribution in [3.05, 3.63) is 41.1 Å². The minimum Gasteiger partial charge on any atom is -0.452 e. The van der Waals surface area contributed by atoms with Gasteiger partial charge in [0, 0.05) is 49.2 Å². The number of fused-ring (bicyclic) bond motifs is 2. The van der Waals surface area contributed by atoms with E-state index in [2.05, 4.69) is 11.8 Å². The van der Waals surface area contributed by atoms with E-state index < -0.39 is 5.97 Å². The van der Waals surface area contributed by atoms with E-state index in [9.17, 15) is 9.59 Å². The second kappa shape index (κ2) is 7.64. The number of nitrogens with zero attached hydrogens (tertiary/aromatic N) is 3.